The van der Waals surface area contributed by atoms with Gasteiger partial charge in [0.1, 0.15) is 5.75 Å². The van der Waals surface area contributed by atoms with E-state index in [0.717, 1.165) is 17.4 Å². The second-order valence-electron chi connectivity index (χ2n) is 4.78. The summed E-state index contributed by atoms with van der Waals surface area (Å²) in [6, 6.07) is 8.57. The van der Waals surface area contributed by atoms with Crippen LogP contribution in [0.25, 0.3) is 0 Å². The van der Waals surface area contributed by atoms with Crippen molar-refractivity contribution in [2.45, 2.75) is 25.3 Å². The highest BCUT2D eigenvalue weighted by Crippen LogP contribution is 2.35. The maximum atomic E-state index is 5.93. The Bertz CT molecular complexity index is 363. The third kappa shape index (κ3) is 2.39. The molecule has 0 bridgehead atoms. The number of nitrogens with zero attached hydrogens (tertiary/aromatic N) is 1. The van der Waals surface area contributed by atoms with E-state index in [1.807, 2.05) is 18.2 Å². The first-order chi connectivity index (χ1) is 8.27. The average Bonchev–Trinajstić information content (AvgIpc) is 2.32. The monoisotopic (exact) mass is 234 g/mol. The van der Waals surface area contributed by atoms with E-state index in [0.29, 0.717) is 12.6 Å². The Kier molecular flexibility index (Phi) is 3.89. The number of ether oxygens (including phenoxy) is 1. The zero-order valence-electron chi connectivity index (χ0n) is 10.7. The Morgan fingerprint density at radius 1 is 1.41 bits per heavy atom. The molecule has 1 aliphatic carbocycles. The van der Waals surface area contributed by atoms with Crippen LogP contribution in [0.5, 0.6) is 5.75 Å². The predicted molar refractivity (Wildman–Crippen MR) is 71.6 cm³/mol. The number of likely N-dealkylation sites (N-methyl/N-ethyl adjacent to an activating group) is 1. The van der Waals surface area contributed by atoms with Crippen molar-refractivity contribution in [3.8, 4) is 5.75 Å². The lowest BCUT2D eigenvalue weighted by Gasteiger charge is -2.40. The Labute approximate surface area is 104 Å². The molecular formula is C14H22N2O. The summed E-state index contributed by atoms with van der Waals surface area (Å²) in [7, 11) is 3.83. The molecule has 0 saturated heterocycles. The maximum absolute atomic E-state index is 5.93. The number of para-hydroxylation sites is 2. The Morgan fingerprint density at radius 2 is 2.12 bits per heavy atom. The van der Waals surface area contributed by atoms with Crippen LogP contribution < -0.4 is 15.4 Å². The third-order valence-electron chi connectivity index (χ3n) is 3.90. The lowest BCUT2D eigenvalue weighted by molar-refractivity contribution is 0.259. The molecule has 1 aromatic rings. The van der Waals surface area contributed by atoms with Crippen LogP contribution in [0.3, 0.4) is 0 Å². The van der Waals surface area contributed by atoms with E-state index in [1.54, 1.807) is 7.11 Å². The molecule has 0 spiro atoms. The van der Waals surface area contributed by atoms with Crippen molar-refractivity contribution in [2.24, 2.45) is 11.7 Å². The standard InChI is InChI=1S/C14H22N2O/c1-16(13(10-15)11-6-5-7-11)12-8-3-4-9-14(12)17-2/h3-4,8-9,11,13H,5-7,10,15H2,1-2H3. The quantitative estimate of drug-likeness (QED) is 0.849. The van der Waals surface area contributed by atoms with E-state index >= 15 is 0 Å². The summed E-state index contributed by atoms with van der Waals surface area (Å²) in [4.78, 5) is 2.28. The smallest absolute Gasteiger partial charge is 0.142 e. The number of nitrogens with two attached hydrogens (primary N) is 1. The van der Waals surface area contributed by atoms with Gasteiger partial charge in [0.25, 0.3) is 0 Å². The highest BCUT2D eigenvalue weighted by Gasteiger charge is 2.30. The first-order valence-electron chi connectivity index (χ1n) is 6.34. The van der Waals surface area contributed by atoms with E-state index in [9.17, 15) is 0 Å². The molecule has 2 N–H and O–H groups in total. The molecular weight excluding hydrogens is 212 g/mol. The SMILES string of the molecule is COc1ccccc1N(C)C(CN)C1CCC1. The van der Waals surface area contributed by atoms with Crippen LogP contribution in [-0.2, 0) is 0 Å². The van der Waals surface area contributed by atoms with Crippen LogP contribution in [0.1, 0.15) is 19.3 Å². The number of methoxy groups -OCH3 is 1. The van der Waals surface area contributed by atoms with E-state index in [1.165, 1.54) is 19.3 Å². The summed E-state index contributed by atoms with van der Waals surface area (Å²) in [5.41, 5.74) is 7.07. The first kappa shape index (κ1) is 12.2. The van der Waals surface area contributed by atoms with Crippen LogP contribution in [-0.4, -0.2) is 26.7 Å². The molecule has 1 unspecified atom stereocenters. The van der Waals surface area contributed by atoms with E-state index < -0.39 is 0 Å². The molecule has 0 aliphatic heterocycles. The van der Waals surface area contributed by atoms with Crippen molar-refractivity contribution >= 4 is 5.69 Å². The number of benzene rings is 1. The summed E-state index contributed by atoms with van der Waals surface area (Å²) < 4.78 is 5.41. The molecule has 3 nitrogen and oxygen atoms in total. The van der Waals surface area contributed by atoms with Gasteiger partial charge in [-0.05, 0) is 30.9 Å². The Hall–Kier alpha value is -1.22. The molecule has 0 heterocycles. The second kappa shape index (κ2) is 5.41. The molecule has 1 fully saturated rings. The van der Waals surface area contributed by atoms with Crippen molar-refractivity contribution in [2.75, 3.05) is 25.6 Å². The van der Waals surface area contributed by atoms with Crippen LogP contribution in [0.2, 0.25) is 0 Å². The minimum atomic E-state index is 0.431. The first-order valence-corrected chi connectivity index (χ1v) is 6.34. The van der Waals surface area contributed by atoms with Crippen LogP contribution >= 0.6 is 0 Å². The molecule has 1 aromatic carbocycles. The lowest BCUT2D eigenvalue weighted by Crippen LogP contribution is -2.46. The number of hydrogen-bond acceptors (Lipinski definition) is 3. The zero-order valence-corrected chi connectivity index (χ0v) is 10.7. The van der Waals surface area contributed by atoms with Gasteiger partial charge in [-0.3, -0.25) is 0 Å². The molecule has 17 heavy (non-hydrogen) atoms. The van der Waals surface area contributed by atoms with Gasteiger partial charge in [-0.1, -0.05) is 18.6 Å². The maximum Gasteiger partial charge on any atom is 0.142 e. The van der Waals surface area contributed by atoms with Crippen molar-refractivity contribution in [3.05, 3.63) is 24.3 Å². The van der Waals surface area contributed by atoms with E-state index in [4.69, 9.17) is 10.5 Å². The zero-order chi connectivity index (χ0) is 12.3. The summed E-state index contributed by atoms with van der Waals surface area (Å²) in [5.74, 6) is 1.67. The molecule has 1 atom stereocenters. The van der Waals surface area contributed by atoms with Gasteiger partial charge in [0.05, 0.1) is 12.8 Å². The van der Waals surface area contributed by atoms with Gasteiger partial charge < -0.3 is 15.4 Å². The largest absolute Gasteiger partial charge is 0.495 e. The number of hydrogen-bond donors (Lipinski definition) is 1. The van der Waals surface area contributed by atoms with Gasteiger partial charge in [0.15, 0.2) is 0 Å². The fourth-order valence-electron chi connectivity index (χ4n) is 2.59. The Morgan fingerprint density at radius 3 is 2.65 bits per heavy atom. The molecule has 0 aromatic heterocycles. The van der Waals surface area contributed by atoms with Gasteiger partial charge in [0.2, 0.25) is 0 Å². The van der Waals surface area contributed by atoms with Gasteiger partial charge >= 0.3 is 0 Å². The average molecular weight is 234 g/mol. The lowest BCUT2D eigenvalue weighted by atomic mass is 9.79. The van der Waals surface area contributed by atoms with E-state index in [2.05, 4.69) is 18.0 Å². The molecule has 3 heteroatoms. The van der Waals surface area contributed by atoms with Gasteiger partial charge in [-0.25, -0.2) is 0 Å². The fraction of sp³-hybridized carbons (Fsp3) is 0.571. The molecule has 0 amide bonds. The van der Waals surface area contributed by atoms with Gasteiger partial charge in [-0.2, -0.15) is 0 Å². The molecule has 2 rings (SSSR count). The van der Waals surface area contributed by atoms with Crippen LogP contribution in [0, 0.1) is 5.92 Å². The molecule has 94 valence electrons. The van der Waals surface area contributed by atoms with Crippen LogP contribution in [0.4, 0.5) is 5.69 Å². The normalized spacial score (nSPS) is 17.4. The van der Waals surface area contributed by atoms with Gasteiger partial charge in [0, 0.05) is 19.6 Å². The van der Waals surface area contributed by atoms with Crippen molar-refractivity contribution in [1.82, 2.24) is 0 Å². The van der Waals surface area contributed by atoms with Crippen molar-refractivity contribution < 1.29 is 4.74 Å². The molecule has 1 saturated carbocycles. The highest BCUT2D eigenvalue weighted by molar-refractivity contribution is 5.58. The summed E-state index contributed by atoms with van der Waals surface area (Å²) in [5, 5.41) is 0. The second-order valence-corrected chi connectivity index (χ2v) is 4.78. The highest BCUT2D eigenvalue weighted by atomic mass is 16.5. The van der Waals surface area contributed by atoms with Crippen molar-refractivity contribution in [3.63, 3.8) is 0 Å². The number of rotatable bonds is 5. The topological polar surface area (TPSA) is 38.5 Å². The predicted octanol–water partition coefficient (Wildman–Crippen LogP) is 2.26. The van der Waals surface area contributed by atoms with Gasteiger partial charge in [-0.15, -0.1) is 0 Å². The summed E-state index contributed by atoms with van der Waals surface area (Å²) in [6.07, 6.45) is 3.96. The van der Waals surface area contributed by atoms with E-state index in [-0.39, 0.29) is 0 Å². The summed E-state index contributed by atoms with van der Waals surface area (Å²) >= 11 is 0. The van der Waals surface area contributed by atoms with Crippen molar-refractivity contribution in [1.29, 1.82) is 0 Å². The third-order valence-corrected chi connectivity index (χ3v) is 3.90. The number of anilines is 1. The minimum Gasteiger partial charge on any atom is -0.495 e. The minimum absolute atomic E-state index is 0.431. The Balaban J connectivity index is 2.18. The fourth-order valence-corrected chi connectivity index (χ4v) is 2.59. The molecule has 1 aliphatic rings. The molecule has 0 radical (unpaired) electrons. The summed E-state index contributed by atoms with van der Waals surface area (Å²) in [6.45, 7) is 0.708. The van der Waals surface area contributed by atoms with Crippen LogP contribution in [0.15, 0.2) is 24.3 Å².